The van der Waals surface area contributed by atoms with Crippen LogP contribution in [0.2, 0.25) is 0 Å². The lowest BCUT2D eigenvalue weighted by atomic mass is 10.3. The Morgan fingerprint density at radius 1 is 1.30 bits per heavy atom. The predicted octanol–water partition coefficient (Wildman–Crippen LogP) is 2.52. The molecule has 20 heavy (non-hydrogen) atoms. The average molecular weight is 271 g/mol. The summed E-state index contributed by atoms with van der Waals surface area (Å²) < 4.78 is 5.24. The molecule has 1 amide bonds. The Kier molecular flexibility index (Phi) is 3.67. The van der Waals surface area contributed by atoms with Crippen LogP contribution >= 0.6 is 0 Å². The first-order valence-electron chi connectivity index (χ1n) is 6.84. The highest BCUT2D eigenvalue weighted by Crippen LogP contribution is 2.14. The Morgan fingerprint density at radius 2 is 2.15 bits per heavy atom. The molecular weight excluding hydrogens is 254 g/mol. The minimum Gasteiger partial charge on any atom is -0.467 e. The number of hydrogen-bond acceptors (Lipinski definition) is 4. The van der Waals surface area contributed by atoms with Crippen LogP contribution in [-0.2, 0) is 6.54 Å². The van der Waals surface area contributed by atoms with E-state index in [1.807, 2.05) is 23.1 Å². The average Bonchev–Trinajstić information content (AvgIpc) is 3.18. The highest BCUT2D eigenvalue weighted by molar-refractivity contribution is 5.92. The molecule has 1 aliphatic heterocycles. The molecule has 0 aliphatic carbocycles. The first kappa shape index (κ1) is 12.7. The maximum Gasteiger partial charge on any atom is 0.272 e. The maximum absolute atomic E-state index is 12.1. The monoisotopic (exact) mass is 271 g/mol. The van der Waals surface area contributed by atoms with E-state index in [-0.39, 0.29) is 5.91 Å². The first-order chi connectivity index (χ1) is 9.83. The number of likely N-dealkylation sites (tertiary alicyclic amines) is 1. The standard InChI is InChI=1S/C15H17N3O2/c19-15(18-7-1-2-8-18)14-6-5-12(10-17-14)16-11-13-4-3-9-20-13/h3-6,9-10,16H,1-2,7-8,11H2. The van der Waals surface area contributed by atoms with Gasteiger partial charge in [0.25, 0.3) is 5.91 Å². The van der Waals surface area contributed by atoms with Crippen LogP contribution in [0.5, 0.6) is 0 Å². The largest absolute Gasteiger partial charge is 0.467 e. The Hall–Kier alpha value is -2.30. The topological polar surface area (TPSA) is 58.4 Å². The SMILES string of the molecule is O=C(c1ccc(NCc2ccco2)cn1)N1CCCC1. The summed E-state index contributed by atoms with van der Waals surface area (Å²) in [6.45, 7) is 2.30. The summed E-state index contributed by atoms with van der Waals surface area (Å²) in [5.74, 6) is 0.891. The predicted molar refractivity (Wildman–Crippen MR) is 75.4 cm³/mol. The number of nitrogens with zero attached hydrogens (tertiary/aromatic N) is 2. The molecule has 5 nitrogen and oxygen atoms in total. The summed E-state index contributed by atoms with van der Waals surface area (Å²) >= 11 is 0. The molecule has 0 aromatic carbocycles. The Balaban J connectivity index is 1.60. The molecule has 3 rings (SSSR count). The van der Waals surface area contributed by atoms with Gasteiger partial charge in [0.2, 0.25) is 0 Å². The molecule has 1 saturated heterocycles. The van der Waals surface area contributed by atoms with Gasteiger partial charge in [0.1, 0.15) is 11.5 Å². The van der Waals surface area contributed by atoms with Crippen LogP contribution in [0.4, 0.5) is 5.69 Å². The third-order valence-corrected chi connectivity index (χ3v) is 3.42. The zero-order chi connectivity index (χ0) is 13.8. The van der Waals surface area contributed by atoms with Gasteiger partial charge in [-0.1, -0.05) is 0 Å². The van der Waals surface area contributed by atoms with E-state index in [2.05, 4.69) is 10.3 Å². The van der Waals surface area contributed by atoms with Crippen molar-refractivity contribution in [1.29, 1.82) is 0 Å². The van der Waals surface area contributed by atoms with Crippen molar-refractivity contribution in [3.8, 4) is 0 Å². The van der Waals surface area contributed by atoms with Crippen LogP contribution in [0.3, 0.4) is 0 Å². The van der Waals surface area contributed by atoms with Crippen LogP contribution < -0.4 is 5.32 Å². The smallest absolute Gasteiger partial charge is 0.272 e. The molecular formula is C15H17N3O2. The van der Waals surface area contributed by atoms with E-state index in [0.29, 0.717) is 12.2 Å². The van der Waals surface area contributed by atoms with E-state index >= 15 is 0 Å². The highest BCUT2D eigenvalue weighted by Gasteiger charge is 2.20. The van der Waals surface area contributed by atoms with Crippen LogP contribution in [-0.4, -0.2) is 28.9 Å². The Labute approximate surface area is 117 Å². The number of aromatic nitrogens is 1. The van der Waals surface area contributed by atoms with E-state index in [1.54, 1.807) is 18.5 Å². The van der Waals surface area contributed by atoms with Crippen molar-refractivity contribution < 1.29 is 9.21 Å². The molecule has 0 radical (unpaired) electrons. The van der Waals surface area contributed by atoms with Gasteiger partial charge < -0.3 is 14.6 Å². The van der Waals surface area contributed by atoms with E-state index < -0.39 is 0 Å². The van der Waals surface area contributed by atoms with Crippen molar-refractivity contribution in [1.82, 2.24) is 9.88 Å². The third kappa shape index (κ3) is 2.82. The molecule has 1 aliphatic rings. The summed E-state index contributed by atoms with van der Waals surface area (Å²) in [4.78, 5) is 18.2. The Bertz CT molecular complexity index is 557. The molecule has 0 spiro atoms. The van der Waals surface area contributed by atoms with Crippen molar-refractivity contribution in [2.24, 2.45) is 0 Å². The van der Waals surface area contributed by atoms with Gasteiger partial charge in [-0.2, -0.15) is 0 Å². The molecule has 104 valence electrons. The quantitative estimate of drug-likeness (QED) is 0.928. The number of furan rings is 1. The van der Waals surface area contributed by atoms with Crippen molar-refractivity contribution in [2.75, 3.05) is 18.4 Å². The first-order valence-corrected chi connectivity index (χ1v) is 6.84. The van der Waals surface area contributed by atoms with Gasteiger partial charge in [0, 0.05) is 13.1 Å². The minimum atomic E-state index is 0.0279. The van der Waals surface area contributed by atoms with Gasteiger partial charge in [-0.25, -0.2) is 4.98 Å². The molecule has 0 saturated carbocycles. The van der Waals surface area contributed by atoms with Crippen molar-refractivity contribution in [3.63, 3.8) is 0 Å². The normalized spacial score (nSPS) is 14.5. The van der Waals surface area contributed by atoms with Crippen molar-refractivity contribution in [3.05, 3.63) is 48.2 Å². The zero-order valence-corrected chi connectivity index (χ0v) is 11.2. The fraction of sp³-hybridized carbons (Fsp3) is 0.333. The highest BCUT2D eigenvalue weighted by atomic mass is 16.3. The van der Waals surface area contributed by atoms with Gasteiger partial charge in [-0.05, 0) is 37.1 Å². The lowest BCUT2D eigenvalue weighted by Gasteiger charge is -2.14. The molecule has 5 heteroatoms. The summed E-state index contributed by atoms with van der Waals surface area (Å²) in [6.07, 6.45) is 5.52. The van der Waals surface area contributed by atoms with E-state index in [4.69, 9.17) is 4.42 Å². The minimum absolute atomic E-state index is 0.0279. The van der Waals surface area contributed by atoms with Crippen molar-refractivity contribution >= 4 is 11.6 Å². The summed E-state index contributed by atoms with van der Waals surface area (Å²) in [5.41, 5.74) is 1.38. The maximum atomic E-state index is 12.1. The lowest BCUT2D eigenvalue weighted by molar-refractivity contribution is 0.0787. The van der Waals surface area contributed by atoms with Crippen molar-refractivity contribution in [2.45, 2.75) is 19.4 Å². The summed E-state index contributed by atoms with van der Waals surface area (Å²) in [6, 6.07) is 7.41. The van der Waals surface area contributed by atoms with Crippen LogP contribution in [0.25, 0.3) is 0 Å². The molecule has 1 N–H and O–H groups in total. The number of anilines is 1. The van der Waals surface area contributed by atoms with Crippen LogP contribution in [0.1, 0.15) is 29.1 Å². The van der Waals surface area contributed by atoms with E-state index in [0.717, 1.165) is 37.4 Å². The second kappa shape index (κ2) is 5.77. The van der Waals surface area contributed by atoms with Gasteiger partial charge in [-0.15, -0.1) is 0 Å². The Morgan fingerprint density at radius 3 is 2.80 bits per heavy atom. The summed E-state index contributed by atoms with van der Waals surface area (Å²) in [5, 5.41) is 3.20. The number of pyridine rings is 1. The third-order valence-electron chi connectivity index (χ3n) is 3.42. The zero-order valence-electron chi connectivity index (χ0n) is 11.2. The molecule has 2 aromatic rings. The summed E-state index contributed by atoms with van der Waals surface area (Å²) in [7, 11) is 0. The van der Waals surface area contributed by atoms with Gasteiger partial charge >= 0.3 is 0 Å². The van der Waals surface area contributed by atoms with Gasteiger partial charge in [0.15, 0.2) is 0 Å². The fourth-order valence-corrected chi connectivity index (χ4v) is 2.31. The number of rotatable bonds is 4. The lowest BCUT2D eigenvalue weighted by Crippen LogP contribution is -2.28. The van der Waals surface area contributed by atoms with E-state index in [1.165, 1.54) is 0 Å². The molecule has 1 fully saturated rings. The second-order valence-electron chi connectivity index (χ2n) is 4.86. The number of amides is 1. The molecule has 0 unspecified atom stereocenters. The number of nitrogens with one attached hydrogen (secondary N) is 1. The van der Waals surface area contributed by atoms with Crippen LogP contribution in [0, 0.1) is 0 Å². The van der Waals surface area contributed by atoms with Crippen LogP contribution in [0.15, 0.2) is 41.1 Å². The van der Waals surface area contributed by atoms with E-state index in [9.17, 15) is 4.79 Å². The number of carbonyl (C=O) groups excluding carboxylic acids is 1. The molecule has 0 bridgehead atoms. The second-order valence-corrected chi connectivity index (χ2v) is 4.86. The van der Waals surface area contributed by atoms with Gasteiger partial charge in [0.05, 0.1) is 24.7 Å². The molecule has 2 aromatic heterocycles. The molecule has 3 heterocycles. The molecule has 0 atom stereocenters. The number of hydrogen-bond donors (Lipinski definition) is 1. The van der Waals surface area contributed by atoms with Gasteiger partial charge in [-0.3, -0.25) is 4.79 Å². The number of carbonyl (C=O) groups is 1. The fourth-order valence-electron chi connectivity index (χ4n) is 2.31.